The number of carbonyl (C=O) groups is 2. The highest BCUT2D eigenvalue weighted by Crippen LogP contribution is 2.29. The Balaban J connectivity index is 1.55. The van der Waals surface area contributed by atoms with E-state index in [-0.39, 0.29) is 5.91 Å². The van der Waals surface area contributed by atoms with E-state index in [9.17, 15) is 9.59 Å². The van der Waals surface area contributed by atoms with E-state index < -0.39 is 12.1 Å². The van der Waals surface area contributed by atoms with Gasteiger partial charge in [-0.3, -0.25) is 4.79 Å². The zero-order valence-electron chi connectivity index (χ0n) is 19.5. The quantitative estimate of drug-likeness (QED) is 0.389. The van der Waals surface area contributed by atoms with Crippen LogP contribution in [0.15, 0.2) is 84.9 Å². The summed E-state index contributed by atoms with van der Waals surface area (Å²) in [5.41, 5.74) is 4.28. The molecule has 0 radical (unpaired) electrons. The van der Waals surface area contributed by atoms with E-state index in [1.165, 1.54) is 0 Å². The Labute approximate surface area is 204 Å². The predicted octanol–water partition coefficient (Wildman–Crippen LogP) is 4.97. The average Bonchev–Trinajstić information content (AvgIpc) is 2.92. The van der Waals surface area contributed by atoms with Gasteiger partial charge >= 0.3 is 5.97 Å². The number of morpholine rings is 1. The van der Waals surface area contributed by atoms with Crippen LogP contribution in [-0.2, 0) is 14.3 Å². The third kappa shape index (κ3) is 4.93. The van der Waals surface area contributed by atoms with Crippen molar-refractivity contribution in [3.8, 4) is 11.3 Å². The van der Waals surface area contributed by atoms with Gasteiger partial charge in [-0.15, -0.1) is 0 Å². The zero-order valence-corrected chi connectivity index (χ0v) is 19.5. The van der Waals surface area contributed by atoms with E-state index in [4.69, 9.17) is 14.5 Å². The van der Waals surface area contributed by atoms with Gasteiger partial charge in [0.25, 0.3) is 5.91 Å². The fourth-order valence-corrected chi connectivity index (χ4v) is 4.27. The molecular weight excluding hydrogens is 440 g/mol. The molecule has 1 fully saturated rings. The highest BCUT2D eigenvalue weighted by molar-refractivity contribution is 6.05. The van der Waals surface area contributed by atoms with Crippen molar-refractivity contribution in [2.24, 2.45) is 0 Å². The number of hydrogen-bond donors (Lipinski definition) is 0. The summed E-state index contributed by atoms with van der Waals surface area (Å²) in [5, 5.41) is 0.695. The predicted molar refractivity (Wildman–Crippen MR) is 134 cm³/mol. The molecule has 0 saturated carbocycles. The molecule has 1 aliphatic heterocycles. The van der Waals surface area contributed by atoms with E-state index in [1.807, 2.05) is 73.7 Å². The molecule has 1 atom stereocenters. The maximum atomic E-state index is 13.7. The number of amides is 1. The summed E-state index contributed by atoms with van der Waals surface area (Å²) < 4.78 is 11.4. The summed E-state index contributed by atoms with van der Waals surface area (Å²) in [6, 6.07) is 26.4. The van der Waals surface area contributed by atoms with E-state index in [1.54, 1.807) is 23.1 Å². The number of esters is 1. The number of hydrogen-bond acceptors (Lipinski definition) is 5. The van der Waals surface area contributed by atoms with Crippen molar-refractivity contribution < 1.29 is 19.1 Å². The third-order valence-electron chi connectivity index (χ3n) is 6.13. The first-order chi connectivity index (χ1) is 17.1. The Kier molecular flexibility index (Phi) is 6.55. The molecule has 5 rings (SSSR count). The van der Waals surface area contributed by atoms with Crippen molar-refractivity contribution in [1.29, 1.82) is 0 Å². The summed E-state index contributed by atoms with van der Waals surface area (Å²) in [6.07, 6.45) is -1.05. The second-order valence-electron chi connectivity index (χ2n) is 8.58. The monoisotopic (exact) mass is 466 g/mol. The minimum absolute atomic E-state index is 0.245. The van der Waals surface area contributed by atoms with Crippen LogP contribution in [0.5, 0.6) is 0 Å². The van der Waals surface area contributed by atoms with Crippen molar-refractivity contribution >= 4 is 22.8 Å². The van der Waals surface area contributed by atoms with E-state index in [0.29, 0.717) is 54.0 Å². The minimum Gasteiger partial charge on any atom is -0.444 e. The van der Waals surface area contributed by atoms with Crippen LogP contribution in [0.3, 0.4) is 0 Å². The van der Waals surface area contributed by atoms with Gasteiger partial charge in [-0.1, -0.05) is 72.3 Å². The second kappa shape index (κ2) is 10.1. The molecule has 1 amide bonds. The van der Waals surface area contributed by atoms with E-state index >= 15 is 0 Å². The van der Waals surface area contributed by atoms with Gasteiger partial charge in [-0.2, -0.15) is 0 Å². The van der Waals surface area contributed by atoms with E-state index in [2.05, 4.69) is 0 Å². The number of aromatic nitrogens is 1. The lowest BCUT2D eigenvalue weighted by molar-refractivity contribution is -0.145. The minimum atomic E-state index is -1.05. The molecule has 0 unspecified atom stereocenters. The first-order valence-corrected chi connectivity index (χ1v) is 11.7. The number of aryl methyl sites for hydroxylation is 1. The Morgan fingerprint density at radius 1 is 0.914 bits per heavy atom. The number of pyridine rings is 1. The number of carbonyl (C=O) groups excluding carboxylic acids is 2. The molecule has 1 aliphatic rings. The Morgan fingerprint density at radius 2 is 1.60 bits per heavy atom. The van der Waals surface area contributed by atoms with Gasteiger partial charge in [-0.25, -0.2) is 9.78 Å². The number of nitrogens with zero attached hydrogens (tertiary/aromatic N) is 2. The molecule has 0 aliphatic carbocycles. The lowest BCUT2D eigenvalue weighted by Gasteiger charge is -2.30. The van der Waals surface area contributed by atoms with Gasteiger partial charge in [0.2, 0.25) is 6.10 Å². The van der Waals surface area contributed by atoms with Gasteiger partial charge in [0.05, 0.1) is 30.0 Å². The van der Waals surface area contributed by atoms with Crippen molar-refractivity contribution in [3.63, 3.8) is 0 Å². The van der Waals surface area contributed by atoms with Crippen LogP contribution in [0.1, 0.15) is 27.6 Å². The SMILES string of the molecule is Cc1ccc2nc(-c3ccccc3)cc(C(=O)O[C@@H](C(=O)N3CCOCC3)c3ccccc3)c2c1. The number of ether oxygens (including phenoxy) is 2. The molecule has 176 valence electrons. The van der Waals surface area contributed by atoms with Gasteiger partial charge in [0, 0.05) is 29.6 Å². The molecule has 1 aromatic heterocycles. The van der Waals surface area contributed by atoms with Crippen LogP contribution in [0.25, 0.3) is 22.2 Å². The van der Waals surface area contributed by atoms with Crippen LogP contribution in [-0.4, -0.2) is 48.1 Å². The molecule has 3 aromatic carbocycles. The summed E-state index contributed by atoms with van der Waals surface area (Å²) >= 11 is 0. The first kappa shape index (κ1) is 22.7. The fraction of sp³-hybridized carbons (Fsp3) is 0.207. The molecule has 0 bridgehead atoms. The van der Waals surface area contributed by atoms with Gasteiger partial charge < -0.3 is 14.4 Å². The molecule has 1 saturated heterocycles. The molecule has 0 N–H and O–H groups in total. The second-order valence-corrected chi connectivity index (χ2v) is 8.58. The van der Waals surface area contributed by atoms with Crippen molar-refractivity contribution in [2.75, 3.05) is 26.3 Å². The fourth-order valence-electron chi connectivity index (χ4n) is 4.27. The molecular formula is C29H26N2O4. The Hall–Kier alpha value is -4.03. The lowest BCUT2D eigenvalue weighted by Crippen LogP contribution is -2.44. The topological polar surface area (TPSA) is 68.7 Å². The normalized spacial score (nSPS) is 14.5. The standard InChI is InChI=1S/C29H26N2O4/c1-20-12-13-25-23(18-20)24(19-26(30-25)21-8-4-2-5-9-21)29(33)35-27(22-10-6-3-7-11-22)28(32)31-14-16-34-17-15-31/h2-13,18-19,27H,14-17H2,1H3/t27-/m1/s1. The number of fused-ring (bicyclic) bond motifs is 1. The maximum Gasteiger partial charge on any atom is 0.340 e. The smallest absolute Gasteiger partial charge is 0.340 e. The maximum absolute atomic E-state index is 13.7. The van der Waals surface area contributed by atoms with Gasteiger partial charge in [0.1, 0.15) is 0 Å². The van der Waals surface area contributed by atoms with Crippen LogP contribution in [0, 0.1) is 6.92 Å². The first-order valence-electron chi connectivity index (χ1n) is 11.7. The van der Waals surface area contributed by atoms with Crippen LogP contribution in [0.4, 0.5) is 0 Å². The third-order valence-corrected chi connectivity index (χ3v) is 6.13. The summed E-state index contributed by atoms with van der Waals surface area (Å²) in [5.74, 6) is -0.804. The summed E-state index contributed by atoms with van der Waals surface area (Å²) in [6.45, 7) is 3.84. The molecule has 35 heavy (non-hydrogen) atoms. The molecule has 2 heterocycles. The number of rotatable bonds is 5. The largest absolute Gasteiger partial charge is 0.444 e. The Bertz CT molecular complexity index is 1350. The van der Waals surface area contributed by atoms with Crippen molar-refractivity contribution in [2.45, 2.75) is 13.0 Å². The average molecular weight is 467 g/mol. The van der Waals surface area contributed by atoms with Crippen molar-refractivity contribution in [3.05, 3.63) is 102 Å². The summed E-state index contributed by atoms with van der Waals surface area (Å²) in [7, 11) is 0. The van der Waals surface area contributed by atoms with Crippen molar-refractivity contribution in [1.82, 2.24) is 9.88 Å². The molecule has 6 nitrogen and oxygen atoms in total. The van der Waals surface area contributed by atoms with Crippen LogP contribution in [0.2, 0.25) is 0 Å². The highest BCUT2D eigenvalue weighted by atomic mass is 16.5. The number of benzene rings is 3. The van der Waals surface area contributed by atoms with Gasteiger partial charge in [-0.05, 0) is 25.1 Å². The van der Waals surface area contributed by atoms with E-state index in [0.717, 1.165) is 11.1 Å². The summed E-state index contributed by atoms with van der Waals surface area (Å²) in [4.78, 5) is 33.6. The molecule has 4 aromatic rings. The molecule has 6 heteroatoms. The van der Waals surface area contributed by atoms with Gasteiger partial charge in [0.15, 0.2) is 0 Å². The Morgan fingerprint density at radius 3 is 2.31 bits per heavy atom. The molecule has 0 spiro atoms. The van der Waals surface area contributed by atoms with Crippen LogP contribution >= 0.6 is 0 Å². The highest BCUT2D eigenvalue weighted by Gasteiger charge is 2.31. The lowest BCUT2D eigenvalue weighted by atomic mass is 10.0. The zero-order chi connectivity index (χ0) is 24.2. The van der Waals surface area contributed by atoms with Crippen LogP contribution < -0.4 is 0 Å².